The van der Waals surface area contributed by atoms with Gasteiger partial charge in [-0.1, -0.05) is 0 Å². The molecule has 0 bridgehead atoms. The van der Waals surface area contributed by atoms with Crippen LogP contribution in [-0.4, -0.2) is 20.8 Å². The highest BCUT2D eigenvalue weighted by molar-refractivity contribution is 9.10. The monoisotopic (exact) mass is 248 g/mol. The van der Waals surface area contributed by atoms with E-state index in [1.165, 1.54) is 11.6 Å². The average Bonchev–Trinajstić information content (AvgIpc) is 1.91. The van der Waals surface area contributed by atoms with E-state index >= 15 is 0 Å². The van der Waals surface area contributed by atoms with E-state index in [0.29, 0.717) is 5.69 Å². The number of hydrogen-bond donors (Lipinski definition) is 1. The maximum Gasteiger partial charge on any atom is 0.0722 e. The lowest BCUT2D eigenvalue weighted by Gasteiger charge is -1.95. The molecule has 66 valence electrons. The van der Waals surface area contributed by atoms with E-state index in [4.69, 9.17) is 5.14 Å². The maximum absolute atomic E-state index is 11.1. The molecule has 0 aliphatic rings. The Morgan fingerprint density at radius 2 is 2.33 bits per heavy atom. The van der Waals surface area contributed by atoms with Gasteiger partial charge in [0.15, 0.2) is 0 Å². The topological polar surface area (TPSA) is 56.0 Å². The van der Waals surface area contributed by atoms with Crippen molar-refractivity contribution in [2.75, 3.05) is 6.26 Å². The highest BCUT2D eigenvalue weighted by atomic mass is 79.9. The predicted octanol–water partition coefficient (Wildman–Crippen LogP) is 0.782. The molecule has 0 amide bonds. The molecule has 0 saturated heterocycles. The van der Waals surface area contributed by atoms with Crippen LogP contribution >= 0.6 is 15.9 Å². The molecule has 1 rings (SSSR count). The van der Waals surface area contributed by atoms with Crippen molar-refractivity contribution in [1.29, 1.82) is 0 Å². The number of hydrogen-bond acceptors (Lipinski definition) is 2. The van der Waals surface area contributed by atoms with E-state index in [-0.39, 0.29) is 0 Å². The molecule has 1 atom stereocenters. The van der Waals surface area contributed by atoms with E-state index in [9.17, 15) is 4.21 Å². The first-order chi connectivity index (χ1) is 5.47. The first-order valence-electron chi connectivity index (χ1n) is 3.21. The summed E-state index contributed by atoms with van der Waals surface area (Å²) < 4.78 is 12.0. The third-order valence-electron chi connectivity index (χ3n) is 1.11. The zero-order chi connectivity index (χ0) is 9.19. The van der Waals surface area contributed by atoms with Gasteiger partial charge in [0.2, 0.25) is 0 Å². The Bertz CT molecular complexity index is 371. The summed E-state index contributed by atoms with van der Waals surface area (Å²) >= 11 is 3.25. The largest absolute Gasteiger partial charge is 0.259 e. The van der Waals surface area contributed by atoms with Crippen LogP contribution in [0.25, 0.3) is 0 Å². The summed E-state index contributed by atoms with van der Waals surface area (Å²) in [6, 6.07) is 3.57. The molecular weight excluding hydrogens is 240 g/mol. The van der Waals surface area contributed by atoms with Gasteiger partial charge in [0.25, 0.3) is 0 Å². The van der Waals surface area contributed by atoms with Crippen molar-refractivity contribution in [3.63, 3.8) is 0 Å². The maximum atomic E-state index is 11.1. The number of halogens is 1. The molecule has 2 N–H and O–H groups in total. The van der Waals surface area contributed by atoms with Crippen LogP contribution in [0.2, 0.25) is 0 Å². The molecule has 0 aliphatic carbocycles. The zero-order valence-electron chi connectivity index (χ0n) is 6.53. The van der Waals surface area contributed by atoms with E-state index in [1.807, 2.05) is 6.07 Å². The van der Waals surface area contributed by atoms with Crippen LogP contribution in [0.4, 0.5) is 0 Å². The fourth-order valence-electron chi connectivity index (χ4n) is 0.697. The first kappa shape index (κ1) is 9.70. The fraction of sp³-hybridized carbons (Fsp3) is 0.143. The third kappa shape index (κ3) is 3.34. The fourth-order valence-corrected chi connectivity index (χ4v) is 1.55. The van der Waals surface area contributed by atoms with Crippen LogP contribution in [0.1, 0.15) is 5.69 Å². The predicted molar refractivity (Wildman–Crippen MR) is 55.4 cm³/mol. The smallest absolute Gasteiger partial charge is 0.0722 e. The Labute approximate surface area is 80.3 Å². The van der Waals surface area contributed by atoms with E-state index in [1.54, 1.807) is 12.3 Å². The van der Waals surface area contributed by atoms with Crippen LogP contribution in [0.3, 0.4) is 0 Å². The second kappa shape index (κ2) is 3.55. The van der Waals surface area contributed by atoms with E-state index in [0.717, 1.165) is 4.47 Å². The van der Waals surface area contributed by atoms with Crippen molar-refractivity contribution in [2.45, 2.75) is 0 Å². The summed E-state index contributed by atoms with van der Waals surface area (Å²) in [5.74, 6) is 0. The van der Waals surface area contributed by atoms with Gasteiger partial charge >= 0.3 is 0 Å². The minimum atomic E-state index is -2.34. The van der Waals surface area contributed by atoms with Crippen molar-refractivity contribution in [3.8, 4) is 0 Å². The summed E-state index contributed by atoms with van der Waals surface area (Å²) in [6.07, 6.45) is 3.10. The van der Waals surface area contributed by atoms with E-state index in [2.05, 4.69) is 20.9 Å². The molecular formula is C7H9BrN2OS. The van der Waals surface area contributed by atoms with Crippen molar-refractivity contribution >= 4 is 31.0 Å². The number of aromatic nitrogens is 1. The van der Waals surface area contributed by atoms with Gasteiger partial charge in [-0.25, -0.2) is 0 Å². The Morgan fingerprint density at radius 1 is 1.67 bits per heavy atom. The lowest BCUT2D eigenvalue weighted by molar-refractivity contribution is 0.686. The average molecular weight is 249 g/mol. The van der Waals surface area contributed by atoms with Crippen LogP contribution in [0.15, 0.2) is 22.8 Å². The molecule has 0 radical (unpaired) electrons. The molecule has 1 aromatic heterocycles. The quantitative estimate of drug-likeness (QED) is 0.748. The van der Waals surface area contributed by atoms with Gasteiger partial charge in [0.05, 0.1) is 5.69 Å². The molecule has 1 unspecified atom stereocenters. The highest BCUT2D eigenvalue weighted by Crippen LogP contribution is 2.06. The van der Waals surface area contributed by atoms with Gasteiger partial charge in [-0.15, -0.1) is 0 Å². The van der Waals surface area contributed by atoms with Crippen molar-refractivity contribution < 1.29 is 4.21 Å². The molecule has 3 nitrogen and oxygen atoms in total. The number of nitrogens with two attached hydrogens (primary N) is 1. The first-order valence-corrected chi connectivity index (χ1v) is 6.09. The minimum Gasteiger partial charge on any atom is -0.259 e. The van der Waals surface area contributed by atoms with Crippen molar-refractivity contribution in [2.24, 2.45) is 5.14 Å². The summed E-state index contributed by atoms with van der Waals surface area (Å²) in [6.45, 7) is 0. The summed E-state index contributed by atoms with van der Waals surface area (Å²) in [4.78, 5) is 4.00. The van der Waals surface area contributed by atoms with Gasteiger partial charge in [-0.3, -0.25) is 14.3 Å². The number of pyridine rings is 1. The molecule has 0 saturated carbocycles. The second-order valence-corrected chi connectivity index (χ2v) is 5.57. The summed E-state index contributed by atoms with van der Waals surface area (Å²) in [5.41, 5.74) is 0.633. The Hall–Kier alpha value is -0.390. The Morgan fingerprint density at radius 3 is 2.75 bits per heavy atom. The molecule has 0 aromatic carbocycles. The SMILES string of the molecule is CS(N)(=O)=Cc1ccc(Br)cn1. The van der Waals surface area contributed by atoms with Crippen LogP contribution in [0.5, 0.6) is 0 Å². The molecule has 0 spiro atoms. The normalized spacial score (nSPS) is 15.2. The number of nitrogens with zero attached hydrogens (tertiary/aromatic N) is 1. The van der Waals surface area contributed by atoms with Crippen LogP contribution < -0.4 is 5.14 Å². The highest BCUT2D eigenvalue weighted by Gasteiger charge is 1.93. The van der Waals surface area contributed by atoms with Crippen molar-refractivity contribution in [3.05, 3.63) is 28.5 Å². The summed E-state index contributed by atoms with van der Waals surface area (Å²) in [5, 5.41) is 6.78. The van der Waals surface area contributed by atoms with Crippen LogP contribution in [0, 0.1) is 0 Å². The molecule has 5 heteroatoms. The molecule has 0 fully saturated rings. The Balaban J connectivity index is 3.08. The standard InChI is InChI=1S/C7H9BrN2OS/c1-12(9,11)5-7-3-2-6(8)4-10-7/h2-5H,1H3,(H2,9,11). The zero-order valence-corrected chi connectivity index (χ0v) is 8.93. The Kier molecular flexibility index (Phi) is 2.87. The summed E-state index contributed by atoms with van der Waals surface area (Å²) in [7, 11) is -2.34. The van der Waals surface area contributed by atoms with Gasteiger partial charge in [0.1, 0.15) is 0 Å². The molecule has 1 aromatic rings. The lowest BCUT2D eigenvalue weighted by Crippen LogP contribution is -2.13. The van der Waals surface area contributed by atoms with Gasteiger partial charge < -0.3 is 0 Å². The van der Waals surface area contributed by atoms with Gasteiger partial charge in [-0.2, -0.15) is 0 Å². The van der Waals surface area contributed by atoms with Gasteiger partial charge in [0, 0.05) is 32.0 Å². The van der Waals surface area contributed by atoms with Gasteiger partial charge in [-0.05, 0) is 28.1 Å². The number of rotatable bonds is 1. The van der Waals surface area contributed by atoms with Crippen LogP contribution in [-0.2, 0) is 9.71 Å². The molecule has 1 heterocycles. The molecule has 12 heavy (non-hydrogen) atoms. The van der Waals surface area contributed by atoms with E-state index < -0.39 is 9.71 Å². The second-order valence-electron chi connectivity index (χ2n) is 2.49. The van der Waals surface area contributed by atoms with Crippen molar-refractivity contribution in [1.82, 2.24) is 4.98 Å². The minimum absolute atomic E-state index is 0.633. The molecule has 0 aliphatic heterocycles. The lowest BCUT2D eigenvalue weighted by atomic mass is 10.4. The third-order valence-corrected chi connectivity index (χ3v) is 2.28.